The summed E-state index contributed by atoms with van der Waals surface area (Å²) in [6, 6.07) is 8.16. The summed E-state index contributed by atoms with van der Waals surface area (Å²) in [5, 5.41) is 0. The summed E-state index contributed by atoms with van der Waals surface area (Å²) in [5.74, 6) is 0.899. The second-order valence-corrected chi connectivity index (χ2v) is 6.13. The molecule has 5 nitrogen and oxygen atoms in total. The Balaban J connectivity index is 2.09. The lowest BCUT2D eigenvalue weighted by Gasteiger charge is -2.40. The van der Waals surface area contributed by atoms with Crippen molar-refractivity contribution in [3.63, 3.8) is 0 Å². The Morgan fingerprint density at radius 1 is 1.39 bits per heavy atom. The fourth-order valence-electron chi connectivity index (χ4n) is 3.10. The van der Waals surface area contributed by atoms with Gasteiger partial charge in [-0.1, -0.05) is 6.07 Å². The normalized spacial score (nSPS) is 20.7. The summed E-state index contributed by atoms with van der Waals surface area (Å²) in [5.41, 5.74) is 10.3. The molecule has 3 rings (SSSR count). The Morgan fingerprint density at radius 2 is 2.17 bits per heavy atom. The largest absolute Gasteiger partial charge is 0.338 e. The molecule has 0 amide bonds. The number of anilines is 1. The average molecular weight is 309 g/mol. The lowest BCUT2D eigenvalue weighted by atomic mass is 10.0. The first-order valence-electron chi connectivity index (χ1n) is 7.76. The molecule has 0 bridgehead atoms. The van der Waals surface area contributed by atoms with Crippen LogP contribution in [0.3, 0.4) is 0 Å². The van der Waals surface area contributed by atoms with Crippen LogP contribution in [-0.4, -0.2) is 28.1 Å². The third-order valence-electron chi connectivity index (χ3n) is 4.32. The van der Waals surface area contributed by atoms with Crippen LogP contribution in [0.5, 0.6) is 0 Å². The molecule has 3 heterocycles. The summed E-state index contributed by atoms with van der Waals surface area (Å²) in [4.78, 5) is 10.9. The van der Waals surface area contributed by atoms with Crippen LogP contribution in [0, 0.1) is 6.92 Å². The van der Waals surface area contributed by atoms with E-state index in [-0.39, 0.29) is 0 Å². The Morgan fingerprint density at radius 3 is 2.83 bits per heavy atom. The van der Waals surface area contributed by atoms with Crippen molar-refractivity contribution < 1.29 is 0 Å². The molecule has 0 aliphatic carbocycles. The zero-order valence-electron chi connectivity index (χ0n) is 14.1. The monoisotopic (exact) mass is 309 g/mol. The predicted octanol–water partition coefficient (Wildman–Crippen LogP) is 2.80. The number of pyridine rings is 1. The van der Waals surface area contributed by atoms with E-state index in [0.717, 1.165) is 29.5 Å². The summed E-state index contributed by atoms with van der Waals surface area (Å²) < 4.78 is 2.26. The van der Waals surface area contributed by atoms with E-state index in [9.17, 15) is 0 Å². The molecular formula is C18H23N5. The molecule has 5 heteroatoms. The number of hydrogen-bond donors (Lipinski definition) is 1. The van der Waals surface area contributed by atoms with Crippen LogP contribution in [0.4, 0.5) is 5.69 Å². The Bertz CT molecular complexity index is 768. The van der Waals surface area contributed by atoms with Gasteiger partial charge in [0.05, 0.1) is 23.6 Å². The lowest BCUT2D eigenvalue weighted by Crippen LogP contribution is -2.56. The first-order valence-corrected chi connectivity index (χ1v) is 7.76. The van der Waals surface area contributed by atoms with Gasteiger partial charge >= 0.3 is 0 Å². The molecule has 1 aliphatic rings. The number of aliphatic imine (C=N–C) groups is 1. The number of hydrogen-bond acceptors (Lipinski definition) is 3. The molecule has 0 fully saturated rings. The van der Waals surface area contributed by atoms with E-state index in [0.29, 0.717) is 0 Å². The van der Waals surface area contributed by atoms with Crippen molar-refractivity contribution in [2.45, 2.75) is 33.0 Å². The van der Waals surface area contributed by atoms with Crippen molar-refractivity contribution in [1.82, 2.24) is 9.55 Å². The van der Waals surface area contributed by atoms with Crippen LogP contribution >= 0.6 is 0 Å². The van der Waals surface area contributed by atoms with Gasteiger partial charge in [0.2, 0.25) is 0 Å². The summed E-state index contributed by atoms with van der Waals surface area (Å²) in [6.07, 6.45) is 5.96. The van der Waals surface area contributed by atoms with Crippen LogP contribution in [-0.2, 0) is 6.54 Å². The molecule has 1 aliphatic heterocycles. The number of fused-ring (bicyclic) bond motifs is 1. The standard InChI is InChI=1S/C18H23N5/c1-13-11-17-16(22(13)12-15-7-5-6-10-21-15)8-9-18(3,19)23(17)14(2)20-4/h5-11H,12,19H2,1-4H3. The minimum atomic E-state index is -0.583. The zero-order chi connectivity index (χ0) is 16.6. The van der Waals surface area contributed by atoms with Crippen molar-refractivity contribution in [3.05, 3.63) is 53.6 Å². The molecule has 120 valence electrons. The highest BCUT2D eigenvalue weighted by molar-refractivity contribution is 6.00. The van der Waals surface area contributed by atoms with Gasteiger partial charge in [-0.05, 0) is 51.1 Å². The second-order valence-electron chi connectivity index (χ2n) is 6.13. The first kappa shape index (κ1) is 15.5. The Labute approximate surface area is 137 Å². The molecule has 1 atom stereocenters. The van der Waals surface area contributed by atoms with Crippen LogP contribution in [0.1, 0.15) is 30.9 Å². The number of nitrogens with zero attached hydrogens (tertiary/aromatic N) is 4. The van der Waals surface area contributed by atoms with Crippen molar-refractivity contribution in [3.8, 4) is 0 Å². The maximum atomic E-state index is 6.46. The quantitative estimate of drug-likeness (QED) is 0.685. The number of amidine groups is 1. The van der Waals surface area contributed by atoms with Crippen molar-refractivity contribution in [2.75, 3.05) is 11.9 Å². The van der Waals surface area contributed by atoms with E-state index in [2.05, 4.69) is 38.5 Å². The summed E-state index contributed by atoms with van der Waals surface area (Å²) in [6.45, 7) is 6.83. The van der Waals surface area contributed by atoms with Gasteiger partial charge in [-0.25, -0.2) is 0 Å². The van der Waals surface area contributed by atoms with E-state index >= 15 is 0 Å². The average Bonchev–Trinajstić information content (AvgIpc) is 2.82. The minimum Gasteiger partial charge on any atom is -0.338 e. The van der Waals surface area contributed by atoms with Gasteiger partial charge in [0, 0.05) is 18.9 Å². The van der Waals surface area contributed by atoms with Gasteiger partial charge in [-0.3, -0.25) is 9.98 Å². The predicted molar refractivity (Wildman–Crippen MR) is 95.6 cm³/mol. The molecule has 2 N–H and O–H groups in total. The van der Waals surface area contributed by atoms with Gasteiger partial charge in [-0.15, -0.1) is 0 Å². The topological polar surface area (TPSA) is 59.4 Å². The van der Waals surface area contributed by atoms with Gasteiger partial charge in [-0.2, -0.15) is 0 Å². The van der Waals surface area contributed by atoms with Crippen LogP contribution in [0.25, 0.3) is 6.08 Å². The number of nitrogens with two attached hydrogens (primary N) is 1. The van der Waals surface area contributed by atoms with Gasteiger partial charge in [0.15, 0.2) is 0 Å². The van der Waals surface area contributed by atoms with Gasteiger partial charge in [0.1, 0.15) is 11.5 Å². The fourth-order valence-corrected chi connectivity index (χ4v) is 3.10. The number of rotatable bonds is 2. The molecule has 0 saturated carbocycles. The maximum absolute atomic E-state index is 6.46. The molecule has 0 aromatic carbocycles. The van der Waals surface area contributed by atoms with Gasteiger partial charge < -0.3 is 15.2 Å². The van der Waals surface area contributed by atoms with Crippen LogP contribution in [0.2, 0.25) is 0 Å². The third kappa shape index (κ3) is 2.68. The number of aromatic nitrogens is 2. The smallest absolute Gasteiger partial charge is 0.111 e. The summed E-state index contributed by atoms with van der Waals surface area (Å²) >= 11 is 0. The lowest BCUT2D eigenvalue weighted by molar-refractivity contribution is 0.600. The Hall–Kier alpha value is -2.40. The SMILES string of the molecule is CN=C(C)N1c2cc(C)n(Cc3ccccn3)c2C=CC1(C)N. The molecular weight excluding hydrogens is 286 g/mol. The third-order valence-corrected chi connectivity index (χ3v) is 4.32. The molecule has 0 saturated heterocycles. The maximum Gasteiger partial charge on any atom is 0.111 e. The molecule has 0 radical (unpaired) electrons. The van der Waals surface area contributed by atoms with E-state index in [1.54, 1.807) is 7.05 Å². The molecule has 1 unspecified atom stereocenters. The van der Waals surface area contributed by atoms with E-state index < -0.39 is 5.66 Å². The highest BCUT2D eigenvalue weighted by Crippen LogP contribution is 2.35. The first-order chi connectivity index (χ1) is 10.9. The van der Waals surface area contributed by atoms with Gasteiger partial charge in [0.25, 0.3) is 0 Å². The highest BCUT2D eigenvalue weighted by Gasteiger charge is 2.33. The molecule has 23 heavy (non-hydrogen) atoms. The van der Waals surface area contributed by atoms with Crippen molar-refractivity contribution in [1.29, 1.82) is 0 Å². The molecule has 0 spiro atoms. The molecule has 2 aromatic heterocycles. The van der Waals surface area contributed by atoms with Crippen LogP contribution < -0.4 is 10.6 Å². The van der Waals surface area contributed by atoms with E-state index in [1.165, 1.54) is 5.69 Å². The highest BCUT2D eigenvalue weighted by atomic mass is 15.3. The van der Waals surface area contributed by atoms with Crippen LogP contribution in [0.15, 0.2) is 41.5 Å². The van der Waals surface area contributed by atoms with E-state index in [4.69, 9.17) is 5.73 Å². The summed E-state index contributed by atoms with van der Waals surface area (Å²) in [7, 11) is 1.79. The fraction of sp³-hybridized carbons (Fsp3) is 0.333. The van der Waals surface area contributed by atoms with E-state index in [1.807, 2.05) is 44.3 Å². The minimum absolute atomic E-state index is 0.583. The Kier molecular flexibility index (Phi) is 3.82. The zero-order valence-corrected chi connectivity index (χ0v) is 14.1. The second kappa shape index (κ2) is 5.66. The van der Waals surface area contributed by atoms with Crippen molar-refractivity contribution >= 4 is 17.6 Å². The number of aryl methyl sites for hydroxylation is 1. The molecule has 2 aromatic rings. The van der Waals surface area contributed by atoms with Crippen molar-refractivity contribution in [2.24, 2.45) is 10.7 Å².